The van der Waals surface area contributed by atoms with E-state index in [9.17, 15) is 9.59 Å². The highest BCUT2D eigenvalue weighted by Gasteiger charge is 2.23. The van der Waals surface area contributed by atoms with Crippen LogP contribution in [0.1, 0.15) is 30.6 Å². The molecule has 0 amide bonds. The van der Waals surface area contributed by atoms with Crippen LogP contribution < -0.4 is 14.4 Å². The highest BCUT2D eigenvalue weighted by molar-refractivity contribution is 5.95. The average Bonchev–Trinajstić information content (AvgIpc) is 2.82. The summed E-state index contributed by atoms with van der Waals surface area (Å²) in [5, 5.41) is 0. The van der Waals surface area contributed by atoms with Crippen molar-refractivity contribution in [3.63, 3.8) is 0 Å². The van der Waals surface area contributed by atoms with Crippen molar-refractivity contribution < 1.29 is 23.8 Å². The van der Waals surface area contributed by atoms with E-state index in [1.807, 2.05) is 25.1 Å². The van der Waals surface area contributed by atoms with Crippen LogP contribution >= 0.6 is 12.4 Å². The second-order valence-corrected chi connectivity index (χ2v) is 7.80. The van der Waals surface area contributed by atoms with Gasteiger partial charge in [0.15, 0.2) is 5.78 Å². The molecule has 1 saturated heterocycles. The monoisotopic (exact) mass is 476 g/mol. The van der Waals surface area contributed by atoms with E-state index in [4.69, 9.17) is 14.2 Å². The van der Waals surface area contributed by atoms with Crippen LogP contribution in [0.15, 0.2) is 48.5 Å². The number of benzene rings is 2. The predicted octanol–water partition coefficient (Wildman–Crippen LogP) is 3.84. The second-order valence-electron chi connectivity index (χ2n) is 7.80. The van der Waals surface area contributed by atoms with Gasteiger partial charge in [-0.25, -0.2) is 0 Å². The Kier molecular flexibility index (Phi) is 10.5. The van der Waals surface area contributed by atoms with E-state index in [0.29, 0.717) is 24.3 Å². The summed E-state index contributed by atoms with van der Waals surface area (Å²) in [4.78, 5) is 28.0. The van der Waals surface area contributed by atoms with Crippen LogP contribution in [0.25, 0.3) is 0 Å². The number of esters is 1. The highest BCUT2D eigenvalue weighted by Crippen LogP contribution is 2.28. The van der Waals surface area contributed by atoms with Crippen molar-refractivity contribution in [2.75, 3.05) is 51.3 Å². The number of hydrogen-bond acceptors (Lipinski definition) is 7. The van der Waals surface area contributed by atoms with Gasteiger partial charge in [-0.15, -0.1) is 12.4 Å². The normalized spacial score (nSPS) is 14.7. The molecule has 1 fully saturated rings. The second kappa shape index (κ2) is 13.1. The van der Waals surface area contributed by atoms with Crippen LogP contribution in [0.3, 0.4) is 0 Å². The minimum Gasteiger partial charge on any atom is -0.495 e. The Balaban J connectivity index is 0.00000385. The molecule has 180 valence electrons. The standard InChI is InChI=1S/C25H32N2O5.ClH/c1-4-24(29)20-9-11-21(12-10-20)31-18-22(32-19(2)28)17-26-13-15-27(16-14-26)23-7-5-6-8-25(23)30-3;/h5-12,22H,4,13-18H2,1-3H3;1H. The fourth-order valence-corrected chi connectivity index (χ4v) is 3.84. The van der Waals surface area contributed by atoms with Gasteiger partial charge in [0.2, 0.25) is 0 Å². The summed E-state index contributed by atoms with van der Waals surface area (Å²) in [6.45, 7) is 7.54. The molecule has 1 unspecified atom stereocenters. The molecular formula is C25H33ClN2O5. The van der Waals surface area contributed by atoms with Crippen molar-refractivity contribution in [1.29, 1.82) is 0 Å². The number of para-hydroxylation sites is 2. The third-order valence-electron chi connectivity index (χ3n) is 5.53. The number of halogens is 1. The molecule has 3 rings (SSSR count). The van der Waals surface area contributed by atoms with Gasteiger partial charge in [0.1, 0.15) is 24.2 Å². The van der Waals surface area contributed by atoms with Gasteiger partial charge in [0.25, 0.3) is 0 Å². The van der Waals surface area contributed by atoms with Crippen LogP contribution in [0.2, 0.25) is 0 Å². The lowest BCUT2D eigenvalue weighted by Gasteiger charge is -2.37. The maximum Gasteiger partial charge on any atom is 0.303 e. The van der Waals surface area contributed by atoms with E-state index >= 15 is 0 Å². The van der Waals surface area contributed by atoms with Crippen LogP contribution in [0.4, 0.5) is 5.69 Å². The fraction of sp³-hybridized carbons (Fsp3) is 0.440. The number of carbonyl (C=O) groups is 2. The van der Waals surface area contributed by atoms with E-state index in [2.05, 4.69) is 15.9 Å². The van der Waals surface area contributed by atoms with Crippen molar-refractivity contribution in [2.24, 2.45) is 0 Å². The Morgan fingerprint density at radius 3 is 2.27 bits per heavy atom. The zero-order valence-electron chi connectivity index (χ0n) is 19.5. The van der Waals surface area contributed by atoms with Crippen molar-refractivity contribution >= 4 is 29.8 Å². The Hall–Kier alpha value is -2.77. The van der Waals surface area contributed by atoms with Crippen molar-refractivity contribution in [1.82, 2.24) is 4.90 Å². The number of ketones is 1. The summed E-state index contributed by atoms with van der Waals surface area (Å²) in [7, 11) is 1.69. The topological polar surface area (TPSA) is 68.3 Å². The third kappa shape index (κ3) is 7.65. The molecule has 2 aromatic rings. The summed E-state index contributed by atoms with van der Waals surface area (Å²) in [6.07, 6.45) is 0.0984. The highest BCUT2D eigenvalue weighted by atomic mass is 35.5. The van der Waals surface area contributed by atoms with Gasteiger partial charge in [-0.05, 0) is 36.4 Å². The number of anilines is 1. The number of ether oxygens (including phenoxy) is 3. The maximum atomic E-state index is 11.8. The van der Waals surface area contributed by atoms with E-state index in [1.54, 1.807) is 31.4 Å². The largest absolute Gasteiger partial charge is 0.495 e. The molecule has 33 heavy (non-hydrogen) atoms. The molecule has 7 nitrogen and oxygen atoms in total. The Morgan fingerprint density at radius 2 is 1.67 bits per heavy atom. The van der Waals surface area contributed by atoms with Crippen molar-refractivity contribution in [2.45, 2.75) is 26.4 Å². The number of Topliss-reactive ketones (excluding diaryl/α,β-unsaturated/α-hetero) is 1. The molecular weight excluding hydrogens is 444 g/mol. The van der Waals surface area contributed by atoms with Crippen LogP contribution in [0.5, 0.6) is 11.5 Å². The van der Waals surface area contributed by atoms with Crippen LogP contribution in [0, 0.1) is 0 Å². The molecule has 8 heteroatoms. The lowest BCUT2D eigenvalue weighted by molar-refractivity contribution is -0.148. The molecule has 1 atom stereocenters. The zero-order chi connectivity index (χ0) is 22.9. The van der Waals surface area contributed by atoms with Gasteiger partial charge in [-0.2, -0.15) is 0 Å². The molecule has 0 bridgehead atoms. The summed E-state index contributed by atoms with van der Waals surface area (Å²) >= 11 is 0. The molecule has 0 N–H and O–H groups in total. The van der Waals surface area contributed by atoms with Crippen LogP contribution in [-0.4, -0.2) is 69.2 Å². The minimum atomic E-state index is -0.373. The SMILES string of the molecule is CCC(=O)c1ccc(OCC(CN2CCN(c3ccccc3OC)CC2)OC(C)=O)cc1.Cl. The number of hydrogen-bond donors (Lipinski definition) is 0. The number of piperazine rings is 1. The summed E-state index contributed by atoms with van der Waals surface area (Å²) in [5.74, 6) is 1.30. The fourth-order valence-electron chi connectivity index (χ4n) is 3.84. The number of carbonyl (C=O) groups excluding carboxylic acids is 2. The number of rotatable bonds is 10. The van der Waals surface area contributed by atoms with Crippen molar-refractivity contribution in [3.8, 4) is 11.5 Å². The minimum absolute atomic E-state index is 0. The Labute approximate surface area is 202 Å². The van der Waals surface area contributed by atoms with E-state index in [-0.39, 0.29) is 36.9 Å². The van der Waals surface area contributed by atoms with E-state index < -0.39 is 0 Å². The van der Waals surface area contributed by atoms with Gasteiger partial charge in [-0.3, -0.25) is 14.5 Å². The maximum absolute atomic E-state index is 11.8. The Bertz CT molecular complexity index is 898. The van der Waals surface area contributed by atoms with Gasteiger partial charge in [0, 0.05) is 51.6 Å². The van der Waals surface area contributed by atoms with Gasteiger partial charge in [0.05, 0.1) is 12.8 Å². The summed E-state index contributed by atoms with van der Waals surface area (Å²) < 4.78 is 16.9. The third-order valence-corrected chi connectivity index (χ3v) is 5.53. The molecule has 1 aliphatic heterocycles. The van der Waals surface area contributed by atoms with E-state index in [0.717, 1.165) is 37.6 Å². The van der Waals surface area contributed by atoms with Gasteiger partial charge >= 0.3 is 5.97 Å². The quantitative estimate of drug-likeness (QED) is 0.381. The molecule has 0 aliphatic carbocycles. The van der Waals surface area contributed by atoms with Gasteiger partial charge < -0.3 is 19.1 Å². The zero-order valence-corrected chi connectivity index (χ0v) is 20.3. The lowest BCUT2D eigenvalue weighted by atomic mass is 10.1. The molecule has 2 aromatic carbocycles. The molecule has 1 heterocycles. The van der Waals surface area contributed by atoms with Crippen molar-refractivity contribution in [3.05, 3.63) is 54.1 Å². The predicted molar refractivity (Wildman–Crippen MR) is 131 cm³/mol. The molecule has 0 saturated carbocycles. The first-order valence-electron chi connectivity index (χ1n) is 11.0. The molecule has 0 radical (unpaired) electrons. The number of methoxy groups -OCH3 is 1. The first kappa shape index (κ1) is 26.5. The first-order valence-corrected chi connectivity index (χ1v) is 11.0. The number of nitrogens with zero attached hydrogens (tertiary/aromatic N) is 2. The first-order chi connectivity index (χ1) is 15.5. The summed E-state index contributed by atoms with van der Waals surface area (Å²) in [6, 6.07) is 15.1. The van der Waals surface area contributed by atoms with Gasteiger partial charge in [-0.1, -0.05) is 19.1 Å². The lowest BCUT2D eigenvalue weighted by Crippen LogP contribution is -2.50. The summed E-state index contributed by atoms with van der Waals surface area (Å²) in [5.41, 5.74) is 1.77. The smallest absolute Gasteiger partial charge is 0.303 e. The molecule has 0 spiro atoms. The molecule has 0 aromatic heterocycles. The molecule has 1 aliphatic rings. The average molecular weight is 477 g/mol. The Morgan fingerprint density at radius 1 is 1.00 bits per heavy atom. The van der Waals surface area contributed by atoms with Crippen LogP contribution in [-0.2, 0) is 9.53 Å². The van der Waals surface area contributed by atoms with E-state index in [1.165, 1.54) is 6.92 Å².